The van der Waals surface area contributed by atoms with E-state index in [1.54, 1.807) is 13.0 Å². The van der Waals surface area contributed by atoms with Gasteiger partial charge in [-0.2, -0.15) is 5.26 Å². The van der Waals surface area contributed by atoms with Gasteiger partial charge in [-0.1, -0.05) is 19.1 Å². The molecule has 0 bridgehead atoms. The number of amides is 2. The molecule has 0 heterocycles. The topological polar surface area (TPSA) is 108 Å². The summed E-state index contributed by atoms with van der Waals surface area (Å²) in [7, 11) is 1.18. The molecule has 26 heavy (non-hydrogen) atoms. The van der Waals surface area contributed by atoms with Gasteiger partial charge in [-0.25, -0.2) is 9.18 Å². The van der Waals surface area contributed by atoms with Crippen LogP contribution in [0, 0.1) is 23.1 Å². The minimum absolute atomic E-state index is 0.0365. The van der Waals surface area contributed by atoms with E-state index in [0.717, 1.165) is 0 Å². The number of nitrogens with zero attached hydrogens (tertiary/aromatic N) is 1. The van der Waals surface area contributed by atoms with Crippen LogP contribution in [0.1, 0.15) is 25.8 Å². The number of esters is 1. The zero-order chi connectivity index (χ0) is 19.7. The summed E-state index contributed by atoms with van der Waals surface area (Å²) in [6.07, 6.45) is 0.0818. The Kier molecular flexibility index (Phi) is 8.22. The van der Waals surface area contributed by atoms with E-state index in [1.807, 2.05) is 6.07 Å². The maximum atomic E-state index is 13.4. The lowest BCUT2D eigenvalue weighted by Gasteiger charge is -2.24. The van der Waals surface area contributed by atoms with Crippen molar-refractivity contribution < 1.29 is 23.5 Å². The molecule has 0 radical (unpaired) electrons. The third-order valence-corrected chi connectivity index (χ3v) is 3.76. The Balaban J connectivity index is 2.97. The Morgan fingerprint density at radius 3 is 2.54 bits per heavy atom. The molecule has 7 nitrogen and oxygen atoms in total. The number of carbonyl (C=O) groups excluding carboxylic acids is 3. The molecule has 2 amide bonds. The van der Waals surface area contributed by atoms with Gasteiger partial charge in [0.25, 0.3) is 0 Å². The smallest absolute Gasteiger partial charge is 0.328 e. The number of methoxy groups -OCH3 is 1. The molecule has 1 rings (SSSR count). The molecule has 0 aliphatic heterocycles. The first-order valence-corrected chi connectivity index (χ1v) is 8.05. The van der Waals surface area contributed by atoms with Crippen LogP contribution >= 0.6 is 0 Å². The average molecular weight is 363 g/mol. The van der Waals surface area contributed by atoms with Crippen molar-refractivity contribution in [2.24, 2.45) is 5.92 Å². The van der Waals surface area contributed by atoms with Gasteiger partial charge in [0.05, 0.1) is 13.2 Å². The molecule has 1 aromatic rings. The second-order valence-corrected chi connectivity index (χ2v) is 5.94. The molecule has 0 fully saturated rings. The lowest BCUT2D eigenvalue weighted by atomic mass is 9.97. The standard InChI is InChI=1S/C18H22FN3O4/c1-11(7-8-20)16(18(25)26-3)22-17(24)15(21-12(2)23)10-13-5-4-6-14(19)9-13/h4-6,9,11,15-16H,7,10H2,1-3H3,(H,21,23)(H,22,24)/t11-,15-,16+/m0/s1. The van der Waals surface area contributed by atoms with Crippen molar-refractivity contribution in [3.05, 3.63) is 35.6 Å². The van der Waals surface area contributed by atoms with Gasteiger partial charge in [0, 0.05) is 25.7 Å². The van der Waals surface area contributed by atoms with Gasteiger partial charge < -0.3 is 15.4 Å². The number of hydrogen-bond donors (Lipinski definition) is 2. The summed E-state index contributed by atoms with van der Waals surface area (Å²) >= 11 is 0. The Morgan fingerprint density at radius 1 is 1.31 bits per heavy atom. The van der Waals surface area contributed by atoms with Crippen molar-refractivity contribution in [2.75, 3.05) is 7.11 Å². The zero-order valence-corrected chi connectivity index (χ0v) is 14.9. The summed E-state index contributed by atoms with van der Waals surface area (Å²) in [6.45, 7) is 2.88. The Labute approximate surface area is 151 Å². The lowest BCUT2D eigenvalue weighted by Crippen LogP contribution is -2.54. The van der Waals surface area contributed by atoms with Crippen molar-refractivity contribution in [3.8, 4) is 6.07 Å². The van der Waals surface area contributed by atoms with Gasteiger partial charge in [0.2, 0.25) is 11.8 Å². The lowest BCUT2D eigenvalue weighted by molar-refractivity contribution is -0.146. The van der Waals surface area contributed by atoms with Crippen LogP contribution in [0.4, 0.5) is 4.39 Å². The fourth-order valence-corrected chi connectivity index (χ4v) is 2.43. The molecular formula is C18H22FN3O4. The highest BCUT2D eigenvalue weighted by Gasteiger charge is 2.30. The molecule has 140 valence electrons. The van der Waals surface area contributed by atoms with Crippen LogP contribution in [0.5, 0.6) is 0 Å². The fourth-order valence-electron chi connectivity index (χ4n) is 2.43. The van der Waals surface area contributed by atoms with E-state index in [9.17, 15) is 18.8 Å². The highest BCUT2D eigenvalue weighted by molar-refractivity contribution is 5.90. The van der Waals surface area contributed by atoms with Crippen LogP contribution in [-0.4, -0.2) is 37.0 Å². The van der Waals surface area contributed by atoms with Crippen LogP contribution in [0.25, 0.3) is 0 Å². The van der Waals surface area contributed by atoms with Gasteiger partial charge in [0.1, 0.15) is 17.9 Å². The molecule has 0 saturated carbocycles. The largest absolute Gasteiger partial charge is 0.467 e. The highest BCUT2D eigenvalue weighted by atomic mass is 19.1. The third-order valence-electron chi connectivity index (χ3n) is 3.76. The van der Waals surface area contributed by atoms with Gasteiger partial charge in [-0.3, -0.25) is 9.59 Å². The summed E-state index contributed by atoms with van der Waals surface area (Å²) in [5.41, 5.74) is 0.513. The van der Waals surface area contributed by atoms with E-state index in [0.29, 0.717) is 5.56 Å². The average Bonchev–Trinajstić information content (AvgIpc) is 2.58. The van der Waals surface area contributed by atoms with Crippen molar-refractivity contribution in [1.82, 2.24) is 10.6 Å². The number of hydrogen-bond acceptors (Lipinski definition) is 5. The number of rotatable bonds is 8. The van der Waals surface area contributed by atoms with Gasteiger partial charge in [-0.15, -0.1) is 0 Å². The number of halogens is 1. The minimum atomic E-state index is -1.03. The van der Waals surface area contributed by atoms with Crippen LogP contribution in [0.15, 0.2) is 24.3 Å². The van der Waals surface area contributed by atoms with Crippen LogP contribution < -0.4 is 10.6 Å². The van der Waals surface area contributed by atoms with Crippen molar-refractivity contribution in [3.63, 3.8) is 0 Å². The number of nitrogens with one attached hydrogen (secondary N) is 2. The molecule has 0 aliphatic rings. The summed E-state index contributed by atoms with van der Waals surface area (Å²) in [5, 5.41) is 13.8. The maximum absolute atomic E-state index is 13.4. The predicted molar refractivity (Wildman–Crippen MR) is 91.0 cm³/mol. The first-order chi connectivity index (χ1) is 12.3. The first-order valence-electron chi connectivity index (χ1n) is 8.05. The van der Waals surface area contributed by atoms with Crippen molar-refractivity contribution >= 4 is 17.8 Å². The summed E-state index contributed by atoms with van der Waals surface area (Å²) in [6, 6.07) is 5.56. The van der Waals surface area contributed by atoms with Gasteiger partial charge in [0.15, 0.2) is 0 Å². The van der Waals surface area contributed by atoms with Crippen molar-refractivity contribution in [1.29, 1.82) is 5.26 Å². The normalized spacial score (nSPS) is 13.7. The summed E-state index contributed by atoms with van der Waals surface area (Å²) in [4.78, 5) is 36.0. The highest BCUT2D eigenvalue weighted by Crippen LogP contribution is 2.11. The molecule has 0 unspecified atom stereocenters. The summed E-state index contributed by atoms with van der Waals surface area (Å²) < 4.78 is 18.0. The molecule has 0 aliphatic carbocycles. The molecule has 0 aromatic heterocycles. The Bertz CT molecular complexity index is 702. The molecule has 0 saturated heterocycles. The Hall–Kier alpha value is -2.95. The van der Waals surface area contributed by atoms with Crippen LogP contribution in [-0.2, 0) is 25.5 Å². The molecule has 3 atom stereocenters. The summed E-state index contributed by atoms with van der Waals surface area (Å²) in [5.74, 6) is -2.69. The van der Waals surface area contributed by atoms with E-state index in [2.05, 4.69) is 15.4 Å². The van der Waals surface area contributed by atoms with E-state index < -0.39 is 41.6 Å². The monoisotopic (exact) mass is 363 g/mol. The van der Waals surface area contributed by atoms with Crippen LogP contribution in [0.2, 0.25) is 0 Å². The second-order valence-electron chi connectivity index (χ2n) is 5.94. The van der Waals surface area contributed by atoms with Crippen molar-refractivity contribution in [2.45, 2.75) is 38.8 Å². The molecular weight excluding hydrogens is 341 g/mol. The predicted octanol–water partition coefficient (Wildman–Crippen LogP) is 1.08. The third kappa shape index (κ3) is 6.51. The Morgan fingerprint density at radius 2 is 2.00 bits per heavy atom. The number of carbonyl (C=O) groups is 3. The molecule has 2 N–H and O–H groups in total. The quantitative estimate of drug-likeness (QED) is 0.672. The molecule has 0 spiro atoms. The van der Waals surface area contributed by atoms with Gasteiger partial charge in [-0.05, 0) is 17.7 Å². The maximum Gasteiger partial charge on any atom is 0.328 e. The number of nitriles is 1. The van der Waals surface area contributed by atoms with E-state index >= 15 is 0 Å². The SMILES string of the molecule is COC(=O)[C@H](NC(=O)[C@H](Cc1cccc(F)c1)NC(C)=O)[C@@H](C)CC#N. The van der Waals surface area contributed by atoms with E-state index in [4.69, 9.17) is 5.26 Å². The van der Waals surface area contributed by atoms with E-state index in [-0.39, 0.29) is 12.8 Å². The molecule has 8 heteroatoms. The van der Waals surface area contributed by atoms with E-state index in [1.165, 1.54) is 32.2 Å². The van der Waals surface area contributed by atoms with Gasteiger partial charge >= 0.3 is 5.97 Å². The molecule has 1 aromatic carbocycles. The number of benzene rings is 1. The second kappa shape index (κ2) is 10.1. The zero-order valence-electron chi connectivity index (χ0n) is 14.9. The fraction of sp³-hybridized carbons (Fsp3) is 0.444. The number of ether oxygens (including phenoxy) is 1. The first kappa shape index (κ1) is 21.1. The minimum Gasteiger partial charge on any atom is -0.467 e. The van der Waals surface area contributed by atoms with Crippen LogP contribution in [0.3, 0.4) is 0 Å².